The van der Waals surface area contributed by atoms with Crippen LogP contribution >= 0.6 is 0 Å². The summed E-state index contributed by atoms with van der Waals surface area (Å²) >= 11 is 0. The second kappa shape index (κ2) is 13.1. The number of nitrogens with one attached hydrogen (secondary N) is 2. The fourth-order valence-corrected chi connectivity index (χ4v) is 5.55. The molecule has 1 heterocycles. The minimum Gasteiger partial charge on any atom is -0.463 e. The maximum absolute atomic E-state index is 13.3. The minimum atomic E-state index is -0.537. The zero-order valence-electron chi connectivity index (χ0n) is 20.0. The van der Waals surface area contributed by atoms with E-state index in [0.29, 0.717) is 25.2 Å². The molecule has 0 bridgehead atoms. The molecule has 33 heavy (non-hydrogen) atoms. The van der Waals surface area contributed by atoms with Crippen LogP contribution in [0.2, 0.25) is 0 Å². The maximum Gasteiger partial charge on any atom is 0.305 e. The first kappa shape index (κ1) is 25.7. The van der Waals surface area contributed by atoms with Crippen molar-refractivity contribution in [2.45, 2.75) is 108 Å². The Morgan fingerprint density at radius 2 is 1.85 bits per heavy atom. The molecular formula is C26H42N2O5. The fourth-order valence-electron chi connectivity index (χ4n) is 5.55. The molecule has 3 rings (SSSR count). The van der Waals surface area contributed by atoms with Crippen molar-refractivity contribution in [3.05, 3.63) is 12.2 Å². The number of hydrogen-bond acceptors (Lipinski definition) is 5. The van der Waals surface area contributed by atoms with E-state index in [1.165, 1.54) is 19.3 Å². The first-order chi connectivity index (χ1) is 16.0. The van der Waals surface area contributed by atoms with E-state index >= 15 is 0 Å². The summed E-state index contributed by atoms with van der Waals surface area (Å²) in [6.45, 7) is 0.130. The average Bonchev–Trinajstić information content (AvgIpc) is 3.28. The van der Waals surface area contributed by atoms with Gasteiger partial charge in [0.05, 0.1) is 24.1 Å². The van der Waals surface area contributed by atoms with Gasteiger partial charge in [0.25, 0.3) is 0 Å². The molecule has 2 amide bonds. The standard InChI is InChI=1S/C26H42N2O5/c29-19-26(14-8-9-15-26)28-23(30)17-21-12-6-1-2-7-13-24(31)33-18-22(27-25(21)32)16-20-10-4-3-5-11-20/h1,6,20-22,29H,2-5,7-19H2,(H,27,32)(H,28,30)/t21-,22+/m1/s1. The van der Waals surface area contributed by atoms with Crippen LogP contribution in [-0.4, -0.2) is 47.7 Å². The molecule has 0 aromatic carbocycles. The smallest absolute Gasteiger partial charge is 0.305 e. The zero-order valence-corrected chi connectivity index (χ0v) is 20.0. The highest BCUT2D eigenvalue weighted by molar-refractivity contribution is 5.86. The summed E-state index contributed by atoms with van der Waals surface area (Å²) in [6.07, 6.45) is 16.7. The molecule has 186 valence electrons. The van der Waals surface area contributed by atoms with Crippen molar-refractivity contribution >= 4 is 17.8 Å². The number of carbonyl (C=O) groups excluding carboxylic acids is 3. The molecular weight excluding hydrogens is 420 g/mol. The Kier molecular flexibility index (Phi) is 10.2. The summed E-state index contributed by atoms with van der Waals surface area (Å²) in [5.74, 6) is -0.502. The van der Waals surface area contributed by atoms with Crippen molar-refractivity contribution in [2.24, 2.45) is 11.8 Å². The van der Waals surface area contributed by atoms with Gasteiger partial charge in [-0.25, -0.2) is 0 Å². The molecule has 0 unspecified atom stereocenters. The van der Waals surface area contributed by atoms with Crippen LogP contribution in [0.15, 0.2) is 12.2 Å². The normalized spacial score (nSPS) is 27.5. The van der Waals surface area contributed by atoms with E-state index in [4.69, 9.17) is 4.74 Å². The van der Waals surface area contributed by atoms with Crippen LogP contribution in [-0.2, 0) is 19.1 Å². The number of cyclic esters (lactones) is 1. The number of amides is 2. The molecule has 0 saturated heterocycles. The van der Waals surface area contributed by atoms with Crippen molar-refractivity contribution in [1.82, 2.24) is 10.6 Å². The van der Waals surface area contributed by atoms with E-state index in [9.17, 15) is 19.5 Å². The Morgan fingerprint density at radius 1 is 1.09 bits per heavy atom. The number of hydrogen-bond donors (Lipinski definition) is 3. The van der Waals surface area contributed by atoms with E-state index in [1.807, 2.05) is 12.2 Å². The van der Waals surface area contributed by atoms with Gasteiger partial charge in [0.15, 0.2) is 0 Å². The second-order valence-electron chi connectivity index (χ2n) is 10.3. The molecule has 0 radical (unpaired) electrons. The zero-order chi connectivity index (χ0) is 23.5. The topological polar surface area (TPSA) is 105 Å². The van der Waals surface area contributed by atoms with Crippen molar-refractivity contribution in [2.75, 3.05) is 13.2 Å². The Hall–Kier alpha value is -1.89. The molecule has 0 aromatic rings. The largest absolute Gasteiger partial charge is 0.463 e. The van der Waals surface area contributed by atoms with Crippen LogP contribution in [0.3, 0.4) is 0 Å². The lowest BCUT2D eigenvalue weighted by atomic mass is 9.84. The number of carbonyl (C=O) groups is 3. The quantitative estimate of drug-likeness (QED) is 0.414. The summed E-state index contributed by atoms with van der Waals surface area (Å²) in [6, 6.07) is -0.224. The van der Waals surface area contributed by atoms with Gasteiger partial charge in [-0.15, -0.1) is 0 Å². The Balaban J connectivity index is 1.65. The van der Waals surface area contributed by atoms with Gasteiger partial charge in [0.1, 0.15) is 6.61 Å². The SMILES string of the molecule is O=C(C[C@H]1CC=CCCCC(=O)OC[C@H](CC2CCCCC2)NC1=O)NC1(CO)CCCC1. The van der Waals surface area contributed by atoms with Crippen LogP contribution in [0, 0.1) is 11.8 Å². The summed E-state index contributed by atoms with van der Waals surface area (Å²) in [7, 11) is 0. The Bertz CT molecular complexity index is 680. The highest BCUT2D eigenvalue weighted by atomic mass is 16.5. The lowest BCUT2D eigenvalue weighted by Crippen LogP contribution is -2.50. The summed E-state index contributed by atoms with van der Waals surface area (Å²) < 4.78 is 5.51. The van der Waals surface area contributed by atoms with Gasteiger partial charge in [-0.3, -0.25) is 14.4 Å². The highest BCUT2D eigenvalue weighted by Gasteiger charge is 2.35. The van der Waals surface area contributed by atoms with Gasteiger partial charge in [0.2, 0.25) is 11.8 Å². The number of aliphatic hydroxyl groups excluding tert-OH is 1. The molecule has 0 spiro atoms. The highest BCUT2D eigenvalue weighted by Crippen LogP contribution is 2.30. The fraction of sp³-hybridized carbons (Fsp3) is 0.808. The lowest BCUT2D eigenvalue weighted by Gasteiger charge is -2.30. The first-order valence-corrected chi connectivity index (χ1v) is 13.0. The van der Waals surface area contributed by atoms with E-state index < -0.39 is 11.5 Å². The molecule has 3 aliphatic rings. The van der Waals surface area contributed by atoms with Crippen LogP contribution in [0.5, 0.6) is 0 Å². The maximum atomic E-state index is 13.3. The first-order valence-electron chi connectivity index (χ1n) is 13.0. The second-order valence-corrected chi connectivity index (χ2v) is 10.3. The van der Waals surface area contributed by atoms with Crippen molar-refractivity contribution < 1.29 is 24.2 Å². The van der Waals surface area contributed by atoms with Crippen LogP contribution < -0.4 is 10.6 Å². The number of rotatable bonds is 6. The number of esters is 1. The molecule has 2 saturated carbocycles. The van der Waals surface area contributed by atoms with E-state index in [2.05, 4.69) is 10.6 Å². The van der Waals surface area contributed by atoms with Crippen LogP contribution in [0.25, 0.3) is 0 Å². The number of allylic oxidation sites excluding steroid dienone is 2. The third-order valence-corrected chi connectivity index (χ3v) is 7.54. The van der Waals surface area contributed by atoms with Gasteiger partial charge in [-0.1, -0.05) is 57.1 Å². The number of ether oxygens (including phenoxy) is 1. The van der Waals surface area contributed by atoms with E-state index in [1.54, 1.807) is 0 Å². The summed E-state index contributed by atoms with van der Waals surface area (Å²) in [5.41, 5.74) is -0.537. The molecule has 1 aliphatic heterocycles. The Labute approximate surface area is 198 Å². The molecule has 2 atom stereocenters. The van der Waals surface area contributed by atoms with Gasteiger partial charge in [-0.05, 0) is 44.4 Å². The predicted molar refractivity (Wildman–Crippen MR) is 126 cm³/mol. The summed E-state index contributed by atoms with van der Waals surface area (Å²) in [5, 5.41) is 16.0. The molecule has 7 heteroatoms. The third-order valence-electron chi connectivity index (χ3n) is 7.54. The van der Waals surface area contributed by atoms with Crippen LogP contribution in [0.4, 0.5) is 0 Å². The van der Waals surface area contributed by atoms with Gasteiger partial charge in [-0.2, -0.15) is 0 Å². The van der Waals surface area contributed by atoms with Gasteiger partial charge in [0, 0.05) is 12.8 Å². The van der Waals surface area contributed by atoms with Crippen molar-refractivity contribution in [3.8, 4) is 0 Å². The summed E-state index contributed by atoms with van der Waals surface area (Å²) in [4.78, 5) is 38.2. The number of aliphatic hydroxyl groups is 1. The molecule has 2 aliphatic carbocycles. The Morgan fingerprint density at radius 3 is 2.58 bits per heavy atom. The van der Waals surface area contributed by atoms with Crippen molar-refractivity contribution in [1.29, 1.82) is 0 Å². The van der Waals surface area contributed by atoms with E-state index in [-0.39, 0.29) is 43.5 Å². The lowest BCUT2D eigenvalue weighted by molar-refractivity contribution is -0.145. The molecule has 7 nitrogen and oxygen atoms in total. The minimum absolute atomic E-state index is 0.0651. The van der Waals surface area contributed by atoms with Gasteiger partial charge >= 0.3 is 5.97 Å². The molecule has 0 aromatic heterocycles. The van der Waals surface area contributed by atoms with Gasteiger partial charge < -0.3 is 20.5 Å². The molecule has 3 N–H and O–H groups in total. The van der Waals surface area contributed by atoms with Crippen LogP contribution in [0.1, 0.15) is 96.3 Å². The third kappa shape index (κ3) is 8.43. The monoisotopic (exact) mass is 462 g/mol. The molecule has 2 fully saturated rings. The van der Waals surface area contributed by atoms with E-state index in [0.717, 1.165) is 51.4 Å². The average molecular weight is 463 g/mol. The van der Waals surface area contributed by atoms with Crippen molar-refractivity contribution in [3.63, 3.8) is 0 Å². The predicted octanol–water partition coefficient (Wildman–Crippen LogP) is 3.54.